The fraction of sp³-hybridized carbons (Fsp3) is 0.345. The number of ether oxygens (including phenoxy) is 3. The highest BCUT2D eigenvalue weighted by molar-refractivity contribution is 6.30. The summed E-state index contributed by atoms with van der Waals surface area (Å²) in [7, 11) is 1.55. The summed E-state index contributed by atoms with van der Waals surface area (Å²) in [5.41, 5.74) is 2.24. The predicted octanol–water partition coefficient (Wildman–Crippen LogP) is 5.14. The molecule has 5 rings (SSSR count). The Hall–Kier alpha value is -3.42. The highest BCUT2D eigenvalue weighted by atomic mass is 35.5. The molecule has 2 aromatic carbocycles. The number of halogens is 1. The molecule has 0 radical (unpaired) electrons. The Morgan fingerprint density at radius 2 is 1.81 bits per heavy atom. The molecule has 0 N–H and O–H groups in total. The lowest BCUT2D eigenvalue weighted by atomic mass is 9.95. The van der Waals surface area contributed by atoms with Crippen LogP contribution >= 0.6 is 11.6 Å². The first-order valence-electron chi connectivity index (χ1n) is 12.3. The molecule has 0 aliphatic heterocycles. The molecular formula is C29H28ClNO6. The van der Waals surface area contributed by atoms with Gasteiger partial charge in [0.1, 0.15) is 12.4 Å². The van der Waals surface area contributed by atoms with Crippen molar-refractivity contribution in [1.29, 1.82) is 0 Å². The SMILES string of the molecule is COc1ccc2c(c1)c(CC(=O)OC(=O)COCC1CC3C=CC1C3)c(C)n2C(=O)c1ccc(Cl)cc1. The number of benzene rings is 2. The summed E-state index contributed by atoms with van der Waals surface area (Å²) >= 11 is 5.98. The summed E-state index contributed by atoms with van der Waals surface area (Å²) in [4.78, 5) is 38.4. The largest absolute Gasteiger partial charge is 0.497 e. The van der Waals surface area contributed by atoms with Crippen molar-refractivity contribution in [2.24, 2.45) is 17.8 Å². The van der Waals surface area contributed by atoms with Gasteiger partial charge in [0.25, 0.3) is 5.91 Å². The fourth-order valence-corrected chi connectivity index (χ4v) is 5.64. The van der Waals surface area contributed by atoms with Gasteiger partial charge in [-0.05, 0) is 85.5 Å². The van der Waals surface area contributed by atoms with Crippen molar-refractivity contribution in [3.05, 3.63) is 76.5 Å². The third-order valence-electron chi connectivity index (χ3n) is 7.35. The molecule has 3 unspecified atom stereocenters. The molecule has 8 heteroatoms. The number of carbonyl (C=O) groups excluding carboxylic acids is 3. The minimum absolute atomic E-state index is 0.181. The van der Waals surface area contributed by atoms with Crippen molar-refractivity contribution in [2.75, 3.05) is 20.3 Å². The lowest BCUT2D eigenvalue weighted by Gasteiger charge is -2.17. The van der Waals surface area contributed by atoms with E-state index in [0.717, 1.165) is 12.8 Å². The lowest BCUT2D eigenvalue weighted by molar-refractivity contribution is -0.162. The molecule has 2 bridgehead atoms. The number of methoxy groups -OCH3 is 1. The van der Waals surface area contributed by atoms with Crippen molar-refractivity contribution >= 4 is 40.3 Å². The molecule has 37 heavy (non-hydrogen) atoms. The molecule has 0 saturated heterocycles. The number of nitrogens with zero attached hydrogens (tertiary/aromatic N) is 1. The van der Waals surface area contributed by atoms with Gasteiger partial charge in [-0.15, -0.1) is 0 Å². The Bertz CT molecular complexity index is 1390. The summed E-state index contributed by atoms with van der Waals surface area (Å²) < 4.78 is 17.5. The number of esters is 2. The van der Waals surface area contributed by atoms with Gasteiger partial charge in [-0.1, -0.05) is 23.8 Å². The van der Waals surface area contributed by atoms with E-state index in [-0.39, 0.29) is 18.9 Å². The molecule has 1 heterocycles. The van der Waals surface area contributed by atoms with Gasteiger partial charge in [-0.3, -0.25) is 14.2 Å². The zero-order valence-electron chi connectivity index (χ0n) is 20.7. The van der Waals surface area contributed by atoms with Crippen LogP contribution in [0.5, 0.6) is 5.75 Å². The van der Waals surface area contributed by atoms with Crippen LogP contribution in [0.4, 0.5) is 0 Å². The first-order valence-corrected chi connectivity index (χ1v) is 12.7. The standard InChI is InChI=1S/C29H28ClNO6/c1-17-24(14-27(32)37-28(33)16-36-15-21-12-18-3-4-20(21)11-18)25-13-23(35-2)9-10-26(25)31(17)29(34)19-5-7-22(30)8-6-19/h3-10,13,18,20-21H,11-12,14-16H2,1-2H3. The molecule has 1 saturated carbocycles. The number of rotatable bonds is 8. The van der Waals surface area contributed by atoms with Gasteiger partial charge in [-0.2, -0.15) is 0 Å². The number of allylic oxidation sites excluding steroid dienone is 2. The maximum atomic E-state index is 13.4. The van der Waals surface area contributed by atoms with E-state index in [1.807, 2.05) is 0 Å². The first kappa shape index (κ1) is 25.2. The topological polar surface area (TPSA) is 83.8 Å². The van der Waals surface area contributed by atoms with Gasteiger partial charge in [-0.25, -0.2) is 4.79 Å². The number of aromatic nitrogens is 1. The van der Waals surface area contributed by atoms with Crippen LogP contribution in [0.2, 0.25) is 5.02 Å². The van der Waals surface area contributed by atoms with Gasteiger partial charge in [0.15, 0.2) is 0 Å². The van der Waals surface area contributed by atoms with E-state index < -0.39 is 11.9 Å². The van der Waals surface area contributed by atoms with Crippen LogP contribution in [0.15, 0.2) is 54.6 Å². The third-order valence-corrected chi connectivity index (χ3v) is 7.61. The van der Waals surface area contributed by atoms with Crippen LogP contribution in [0.3, 0.4) is 0 Å². The molecule has 3 aromatic rings. The zero-order valence-corrected chi connectivity index (χ0v) is 21.5. The van der Waals surface area contributed by atoms with Gasteiger partial charge < -0.3 is 14.2 Å². The average Bonchev–Trinajstić information content (AvgIpc) is 3.58. The summed E-state index contributed by atoms with van der Waals surface area (Å²) in [5.74, 6) is 0.459. The van der Waals surface area contributed by atoms with E-state index in [1.54, 1.807) is 61.1 Å². The van der Waals surface area contributed by atoms with Gasteiger partial charge in [0.2, 0.25) is 0 Å². The molecular weight excluding hydrogens is 494 g/mol. The number of carbonyl (C=O) groups is 3. The van der Waals surface area contributed by atoms with Crippen molar-refractivity contribution in [1.82, 2.24) is 4.57 Å². The number of hydrogen-bond donors (Lipinski definition) is 0. The van der Waals surface area contributed by atoms with Crippen molar-refractivity contribution in [3.8, 4) is 5.75 Å². The molecule has 0 spiro atoms. The second-order valence-corrected chi connectivity index (χ2v) is 10.1. The van der Waals surface area contributed by atoms with E-state index in [4.69, 9.17) is 25.8 Å². The molecule has 192 valence electrons. The second-order valence-electron chi connectivity index (χ2n) is 9.67. The molecule has 2 aliphatic rings. The zero-order chi connectivity index (χ0) is 26.1. The summed E-state index contributed by atoms with van der Waals surface area (Å²) in [6, 6.07) is 11.9. The Morgan fingerprint density at radius 3 is 2.49 bits per heavy atom. The summed E-state index contributed by atoms with van der Waals surface area (Å²) in [6.45, 7) is 1.97. The van der Waals surface area contributed by atoms with Gasteiger partial charge in [0, 0.05) is 21.7 Å². The normalized spacial score (nSPS) is 19.9. The first-order chi connectivity index (χ1) is 17.8. The molecule has 1 aromatic heterocycles. The lowest BCUT2D eigenvalue weighted by Crippen LogP contribution is -2.22. The van der Waals surface area contributed by atoms with Crippen LogP contribution in [-0.4, -0.2) is 42.7 Å². The minimum atomic E-state index is -0.722. The molecule has 7 nitrogen and oxygen atoms in total. The molecule has 1 fully saturated rings. The van der Waals surface area contributed by atoms with E-state index in [9.17, 15) is 14.4 Å². The van der Waals surface area contributed by atoms with Crippen molar-refractivity contribution < 1.29 is 28.6 Å². The molecule has 2 aliphatic carbocycles. The number of fused-ring (bicyclic) bond motifs is 3. The Labute approximate surface area is 219 Å². The smallest absolute Gasteiger partial charge is 0.339 e. The van der Waals surface area contributed by atoms with E-state index in [2.05, 4.69) is 12.2 Å². The highest BCUT2D eigenvalue weighted by Crippen LogP contribution is 2.43. The van der Waals surface area contributed by atoms with Crippen LogP contribution in [0, 0.1) is 24.7 Å². The molecule has 3 atom stereocenters. The maximum Gasteiger partial charge on any atom is 0.339 e. The van der Waals surface area contributed by atoms with E-state index >= 15 is 0 Å². The van der Waals surface area contributed by atoms with Gasteiger partial charge >= 0.3 is 11.9 Å². The van der Waals surface area contributed by atoms with E-state index in [1.165, 1.54) is 0 Å². The van der Waals surface area contributed by atoms with Crippen LogP contribution in [0.1, 0.15) is 34.5 Å². The van der Waals surface area contributed by atoms with Crippen molar-refractivity contribution in [2.45, 2.75) is 26.2 Å². The Morgan fingerprint density at radius 1 is 1.03 bits per heavy atom. The van der Waals surface area contributed by atoms with Crippen LogP contribution < -0.4 is 4.74 Å². The maximum absolute atomic E-state index is 13.4. The Kier molecular flexibility index (Phi) is 7.17. The van der Waals surface area contributed by atoms with Gasteiger partial charge in [0.05, 0.1) is 25.7 Å². The highest BCUT2D eigenvalue weighted by Gasteiger charge is 2.35. The van der Waals surface area contributed by atoms with Crippen LogP contribution in [0.25, 0.3) is 10.9 Å². The fourth-order valence-electron chi connectivity index (χ4n) is 5.51. The van der Waals surface area contributed by atoms with Crippen LogP contribution in [-0.2, 0) is 25.5 Å². The summed E-state index contributed by atoms with van der Waals surface area (Å²) in [5, 5.41) is 1.20. The Balaban J connectivity index is 1.30. The monoisotopic (exact) mass is 521 g/mol. The minimum Gasteiger partial charge on any atom is -0.497 e. The molecule has 0 amide bonds. The average molecular weight is 522 g/mol. The third kappa shape index (κ3) is 5.20. The van der Waals surface area contributed by atoms with E-state index in [0.29, 0.717) is 62.9 Å². The predicted molar refractivity (Wildman–Crippen MR) is 139 cm³/mol. The summed E-state index contributed by atoms with van der Waals surface area (Å²) in [6.07, 6.45) is 6.55. The quantitative estimate of drug-likeness (QED) is 0.232. The second kappa shape index (κ2) is 10.5. The van der Waals surface area contributed by atoms with Crippen molar-refractivity contribution in [3.63, 3.8) is 0 Å². The number of hydrogen-bond acceptors (Lipinski definition) is 6.